The van der Waals surface area contributed by atoms with Gasteiger partial charge in [0.05, 0.1) is 6.61 Å². The molecule has 1 unspecified atom stereocenters. The van der Waals surface area contributed by atoms with Gasteiger partial charge in [-0.2, -0.15) is 0 Å². The summed E-state index contributed by atoms with van der Waals surface area (Å²) >= 11 is 0. The molecule has 0 aromatic rings. The molecule has 0 fully saturated rings. The third kappa shape index (κ3) is 3.80. The van der Waals surface area contributed by atoms with E-state index in [1.807, 2.05) is 0 Å². The molecular formula is C5H10O3. The third-order valence-electron chi connectivity index (χ3n) is 0.597. The third-order valence-corrected chi connectivity index (χ3v) is 0.597. The average Bonchev–Trinajstić information content (AvgIpc) is 1.83. The normalized spacial score (nSPS) is 13.2. The summed E-state index contributed by atoms with van der Waals surface area (Å²) in [4.78, 5) is 3.78. The van der Waals surface area contributed by atoms with Crippen LogP contribution in [0.3, 0.4) is 0 Å². The maximum Gasteiger partial charge on any atom is 0.188 e. The van der Waals surface area contributed by atoms with E-state index in [0.717, 1.165) is 0 Å². The first kappa shape index (κ1) is 7.62. The second kappa shape index (κ2) is 4.77. The molecule has 0 aliphatic carbocycles. The molecule has 1 atom stereocenters. The van der Waals surface area contributed by atoms with Gasteiger partial charge < -0.3 is 4.74 Å². The minimum Gasteiger partial charge on any atom is -0.346 e. The molecule has 1 N–H and O–H groups in total. The molecule has 0 aromatic carbocycles. The van der Waals surface area contributed by atoms with E-state index in [4.69, 9.17) is 9.99 Å². The fourth-order valence-electron chi connectivity index (χ4n) is 0.234. The molecule has 0 aliphatic heterocycles. The van der Waals surface area contributed by atoms with Crippen LogP contribution in [0.4, 0.5) is 0 Å². The maximum atomic E-state index is 7.90. The zero-order chi connectivity index (χ0) is 6.41. The summed E-state index contributed by atoms with van der Waals surface area (Å²) in [5, 5.41) is 7.90. The minimum absolute atomic E-state index is 0.391. The topological polar surface area (TPSA) is 38.7 Å². The molecule has 0 aliphatic rings. The molecule has 3 heteroatoms. The van der Waals surface area contributed by atoms with Crippen LogP contribution in [0.15, 0.2) is 12.7 Å². The first-order chi connectivity index (χ1) is 3.81. The number of hydrogen-bond donors (Lipinski definition) is 1. The largest absolute Gasteiger partial charge is 0.346 e. The van der Waals surface area contributed by atoms with Gasteiger partial charge in [-0.3, -0.25) is 0 Å². The summed E-state index contributed by atoms with van der Waals surface area (Å²) in [5.41, 5.74) is 0. The van der Waals surface area contributed by atoms with E-state index >= 15 is 0 Å². The molecule has 0 saturated heterocycles. The van der Waals surface area contributed by atoms with Crippen LogP contribution in [-0.2, 0) is 9.62 Å². The molecule has 0 saturated carbocycles. The SMILES string of the molecule is C=CCOC(C)OO. The van der Waals surface area contributed by atoms with E-state index in [9.17, 15) is 0 Å². The van der Waals surface area contributed by atoms with Gasteiger partial charge in [-0.1, -0.05) is 6.08 Å². The van der Waals surface area contributed by atoms with Crippen molar-refractivity contribution in [3.05, 3.63) is 12.7 Å². The summed E-state index contributed by atoms with van der Waals surface area (Å²) < 4.78 is 4.75. The quantitative estimate of drug-likeness (QED) is 0.259. The molecule has 0 heterocycles. The van der Waals surface area contributed by atoms with Gasteiger partial charge in [-0.05, 0) is 6.92 Å². The Bertz CT molecular complexity index is 62.7. The van der Waals surface area contributed by atoms with Gasteiger partial charge in [0.15, 0.2) is 6.29 Å². The van der Waals surface area contributed by atoms with Gasteiger partial charge in [0.25, 0.3) is 0 Å². The monoisotopic (exact) mass is 118 g/mol. The highest BCUT2D eigenvalue weighted by Gasteiger charge is 1.95. The second-order valence-electron chi connectivity index (χ2n) is 1.30. The van der Waals surface area contributed by atoms with Crippen molar-refractivity contribution in [1.82, 2.24) is 0 Å². The number of rotatable bonds is 4. The van der Waals surface area contributed by atoms with E-state index in [0.29, 0.717) is 6.61 Å². The Hall–Kier alpha value is -0.380. The van der Waals surface area contributed by atoms with Crippen molar-refractivity contribution in [2.75, 3.05) is 6.61 Å². The summed E-state index contributed by atoms with van der Waals surface area (Å²) in [5.74, 6) is 0. The Morgan fingerprint density at radius 3 is 2.88 bits per heavy atom. The first-order valence-electron chi connectivity index (χ1n) is 2.34. The fourth-order valence-corrected chi connectivity index (χ4v) is 0.234. The molecule has 0 bridgehead atoms. The van der Waals surface area contributed by atoms with Crippen LogP contribution in [0, 0.1) is 0 Å². The Labute approximate surface area is 48.5 Å². The van der Waals surface area contributed by atoms with Gasteiger partial charge in [-0.15, -0.1) is 6.58 Å². The molecule has 0 rings (SSSR count). The molecule has 0 aromatic heterocycles. The molecule has 3 nitrogen and oxygen atoms in total. The zero-order valence-corrected chi connectivity index (χ0v) is 4.83. The van der Waals surface area contributed by atoms with Crippen molar-refractivity contribution >= 4 is 0 Å². The lowest BCUT2D eigenvalue weighted by Crippen LogP contribution is -2.09. The molecule has 0 amide bonds. The van der Waals surface area contributed by atoms with Crippen LogP contribution in [0.25, 0.3) is 0 Å². The predicted octanol–water partition coefficient (Wildman–Crippen LogP) is 1.02. The van der Waals surface area contributed by atoms with Gasteiger partial charge >= 0.3 is 0 Å². The molecule has 0 radical (unpaired) electrons. The van der Waals surface area contributed by atoms with Crippen molar-refractivity contribution in [2.24, 2.45) is 0 Å². The van der Waals surface area contributed by atoms with Gasteiger partial charge in [-0.25, -0.2) is 10.1 Å². The van der Waals surface area contributed by atoms with Crippen LogP contribution < -0.4 is 0 Å². The maximum absolute atomic E-state index is 7.90. The molecule has 0 spiro atoms. The van der Waals surface area contributed by atoms with Crippen LogP contribution in [0.2, 0.25) is 0 Å². The van der Waals surface area contributed by atoms with Crippen molar-refractivity contribution in [3.8, 4) is 0 Å². The van der Waals surface area contributed by atoms with Crippen LogP contribution in [0.5, 0.6) is 0 Å². The van der Waals surface area contributed by atoms with Crippen molar-refractivity contribution in [2.45, 2.75) is 13.2 Å². The lowest BCUT2D eigenvalue weighted by atomic mass is 10.7. The Morgan fingerprint density at radius 1 is 1.88 bits per heavy atom. The minimum atomic E-state index is -0.562. The van der Waals surface area contributed by atoms with Crippen LogP contribution >= 0.6 is 0 Å². The zero-order valence-electron chi connectivity index (χ0n) is 4.83. The molecule has 48 valence electrons. The predicted molar refractivity (Wildman–Crippen MR) is 29.3 cm³/mol. The average molecular weight is 118 g/mol. The van der Waals surface area contributed by atoms with Gasteiger partial charge in [0.2, 0.25) is 0 Å². The Kier molecular flexibility index (Phi) is 4.54. The van der Waals surface area contributed by atoms with Gasteiger partial charge in [0.1, 0.15) is 0 Å². The lowest BCUT2D eigenvalue weighted by molar-refractivity contribution is -0.337. The van der Waals surface area contributed by atoms with E-state index in [-0.39, 0.29) is 0 Å². The highest BCUT2D eigenvalue weighted by molar-refractivity contribution is 4.63. The van der Waals surface area contributed by atoms with E-state index in [1.165, 1.54) is 0 Å². The summed E-state index contributed by atoms with van der Waals surface area (Å²) in [6, 6.07) is 0. The van der Waals surface area contributed by atoms with Crippen LogP contribution in [0.1, 0.15) is 6.92 Å². The molecular weight excluding hydrogens is 108 g/mol. The number of hydrogen-bond acceptors (Lipinski definition) is 3. The standard InChI is InChI=1S/C5H10O3/c1-3-4-7-5(2)8-6/h3,5-6H,1,4H2,2H3. The van der Waals surface area contributed by atoms with E-state index in [2.05, 4.69) is 11.5 Å². The highest BCUT2D eigenvalue weighted by Crippen LogP contribution is 1.88. The number of ether oxygens (including phenoxy) is 1. The van der Waals surface area contributed by atoms with Crippen molar-refractivity contribution < 1.29 is 14.9 Å². The van der Waals surface area contributed by atoms with E-state index in [1.54, 1.807) is 13.0 Å². The first-order valence-corrected chi connectivity index (χ1v) is 2.34. The Balaban J connectivity index is 2.97. The summed E-state index contributed by atoms with van der Waals surface area (Å²) in [6.45, 7) is 5.38. The summed E-state index contributed by atoms with van der Waals surface area (Å²) in [7, 11) is 0. The van der Waals surface area contributed by atoms with Crippen molar-refractivity contribution in [3.63, 3.8) is 0 Å². The smallest absolute Gasteiger partial charge is 0.188 e. The van der Waals surface area contributed by atoms with Gasteiger partial charge in [0, 0.05) is 0 Å². The second-order valence-corrected chi connectivity index (χ2v) is 1.30. The fraction of sp³-hybridized carbons (Fsp3) is 0.600. The summed E-state index contributed by atoms with van der Waals surface area (Å²) in [6.07, 6.45) is 1.02. The van der Waals surface area contributed by atoms with Crippen molar-refractivity contribution in [1.29, 1.82) is 0 Å². The van der Waals surface area contributed by atoms with E-state index < -0.39 is 6.29 Å². The lowest BCUT2D eigenvalue weighted by Gasteiger charge is -2.04. The van der Waals surface area contributed by atoms with Crippen LogP contribution in [-0.4, -0.2) is 18.2 Å². The molecule has 8 heavy (non-hydrogen) atoms. The highest BCUT2D eigenvalue weighted by atomic mass is 17.1. The Morgan fingerprint density at radius 2 is 2.50 bits per heavy atom.